The highest BCUT2D eigenvalue weighted by Crippen LogP contribution is 2.16. The maximum atomic E-state index is 8.38. The molecule has 0 rings (SSSR count). The van der Waals surface area contributed by atoms with Gasteiger partial charge in [-0.05, 0) is 18.6 Å². The van der Waals surface area contributed by atoms with E-state index in [1.807, 2.05) is 6.92 Å². The molecule has 0 aromatic rings. The van der Waals surface area contributed by atoms with Crippen molar-refractivity contribution in [2.24, 2.45) is 16.8 Å². The van der Waals surface area contributed by atoms with Crippen LogP contribution in [-0.2, 0) is 0 Å². The lowest BCUT2D eigenvalue weighted by atomic mass is 10.2. The number of rotatable bonds is 5. The van der Waals surface area contributed by atoms with Gasteiger partial charge in [0.1, 0.15) is 0 Å². The second-order valence-corrected chi connectivity index (χ2v) is 4.39. The number of oxime groups is 1. The number of thioether (sulfide) groups is 1. The molecule has 72 valence electrons. The molecule has 0 heterocycles. The van der Waals surface area contributed by atoms with Crippen molar-refractivity contribution in [2.75, 3.05) is 5.75 Å². The molecule has 0 radical (unpaired) electrons. The Balaban J connectivity index is 3.64. The van der Waals surface area contributed by atoms with Crippen LogP contribution >= 0.6 is 11.8 Å². The van der Waals surface area contributed by atoms with Crippen LogP contribution in [0.5, 0.6) is 0 Å². The first kappa shape index (κ1) is 11.6. The monoisotopic (exact) mass is 190 g/mol. The van der Waals surface area contributed by atoms with Gasteiger partial charge in [-0.3, -0.25) is 0 Å². The van der Waals surface area contributed by atoms with E-state index in [-0.39, 0.29) is 5.25 Å². The van der Waals surface area contributed by atoms with E-state index in [9.17, 15) is 0 Å². The van der Waals surface area contributed by atoms with E-state index in [0.717, 1.165) is 5.75 Å². The predicted octanol–water partition coefficient (Wildman–Crippen LogP) is 1.90. The standard InChI is InChI=1S/C8H18N2OS/c1-4-6(2)5-12-7(3)8(9)10-11/h6-7,11H,4-5H2,1-3H3,(H2,9,10). The molecule has 12 heavy (non-hydrogen) atoms. The Morgan fingerprint density at radius 1 is 1.58 bits per heavy atom. The third kappa shape index (κ3) is 4.49. The first-order valence-corrected chi connectivity index (χ1v) is 5.25. The Labute approximate surface area is 78.4 Å². The molecule has 2 unspecified atom stereocenters. The van der Waals surface area contributed by atoms with Gasteiger partial charge in [-0.15, -0.1) is 0 Å². The second-order valence-electron chi connectivity index (χ2n) is 3.01. The summed E-state index contributed by atoms with van der Waals surface area (Å²) < 4.78 is 0. The van der Waals surface area contributed by atoms with Gasteiger partial charge in [0.05, 0.1) is 5.25 Å². The highest BCUT2D eigenvalue weighted by atomic mass is 32.2. The van der Waals surface area contributed by atoms with Gasteiger partial charge in [0, 0.05) is 0 Å². The molecule has 0 saturated heterocycles. The van der Waals surface area contributed by atoms with Crippen LogP contribution in [0.3, 0.4) is 0 Å². The number of nitrogens with two attached hydrogens (primary N) is 1. The summed E-state index contributed by atoms with van der Waals surface area (Å²) in [5.74, 6) is 2.07. The Kier molecular flexibility index (Phi) is 5.98. The molecule has 3 N–H and O–H groups in total. The van der Waals surface area contributed by atoms with Crippen molar-refractivity contribution in [1.29, 1.82) is 0 Å². The molecule has 2 atom stereocenters. The van der Waals surface area contributed by atoms with Gasteiger partial charge < -0.3 is 10.9 Å². The summed E-state index contributed by atoms with van der Waals surface area (Å²) in [6.45, 7) is 6.31. The zero-order valence-electron chi connectivity index (χ0n) is 7.95. The molecule has 0 fully saturated rings. The highest BCUT2D eigenvalue weighted by molar-refractivity contribution is 8.00. The third-order valence-electron chi connectivity index (χ3n) is 1.86. The summed E-state index contributed by atoms with van der Waals surface area (Å²) >= 11 is 1.73. The predicted molar refractivity (Wildman–Crippen MR) is 54.8 cm³/mol. The van der Waals surface area contributed by atoms with Crippen LogP contribution in [0.1, 0.15) is 27.2 Å². The van der Waals surface area contributed by atoms with Crippen LogP contribution in [0.4, 0.5) is 0 Å². The van der Waals surface area contributed by atoms with Crippen LogP contribution in [0.25, 0.3) is 0 Å². The minimum Gasteiger partial charge on any atom is -0.409 e. The first-order chi connectivity index (χ1) is 5.61. The van der Waals surface area contributed by atoms with Crippen LogP contribution < -0.4 is 5.73 Å². The summed E-state index contributed by atoms with van der Waals surface area (Å²) in [5, 5.41) is 11.5. The number of amidine groups is 1. The molecular formula is C8H18N2OS. The van der Waals surface area contributed by atoms with Crippen molar-refractivity contribution >= 4 is 17.6 Å². The van der Waals surface area contributed by atoms with Crippen molar-refractivity contribution in [2.45, 2.75) is 32.4 Å². The van der Waals surface area contributed by atoms with Gasteiger partial charge in [0.15, 0.2) is 5.84 Å². The van der Waals surface area contributed by atoms with E-state index in [1.54, 1.807) is 11.8 Å². The fourth-order valence-electron chi connectivity index (χ4n) is 0.593. The Hall–Kier alpha value is -0.380. The van der Waals surface area contributed by atoms with Gasteiger partial charge >= 0.3 is 0 Å². The van der Waals surface area contributed by atoms with Crippen molar-refractivity contribution in [3.63, 3.8) is 0 Å². The molecule has 0 aliphatic rings. The van der Waals surface area contributed by atoms with Crippen molar-refractivity contribution in [1.82, 2.24) is 0 Å². The molecule has 0 aromatic carbocycles. The summed E-state index contributed by atoms with van der Waals surface area (Å²) in [5.41, 5.74) is 5.42. The largest absolute Gasteiger partial charge is 0.409 e. The maximum Gasteiger partial charge on any atom is 0.151 e. The zero-order valence-corrected chi connectivity index (χ0v) is 8.77. The van der Waals surface area contributed by atoms with Gasteiger partial charge in [-0.25, -0.2) is 0 Å². The smallest absolute Gasteiger partial charge is 0.151 e. The first-order valence-electron chi connectivity index (χ1n) is 4.20. The molecule has 0 spiro atoms. The van der Waals surface area contributed by atoms with E-state index in [1.165, 1.54) is 6.42 Å². The van der Waals surface area contributed by atoms with Crippen LogP contribution in [0, 0.1) is 5.92 Å². The molecule has 0 aromatic heterocycles. The molecule has 4 heteroatoms. The fraction of sp³-hybridized carbons (Fsp3) is 0.875. The third-order valence-corrected chi connectivity index (χ3v) is 3.36. The average Bonchev–Trinajstić information content (AvgIpc) is 2.11. The Morgan fingerprint density at radius 3 is 2.58 bits per heavy atom. The van der Waals surface area contributed by atoms with Gasteiger partial charge in [-0.2, -0.15) is 11.8 Å². The van der Waals surface area contributed by atoms with Gasteiger partial charge in [0.2, 0.25) is 0 Å². The topological polar surface area (TPSA) is 58.6 Å². The van der Waals surface area contributed by atoms with Crippen LogP contribution in [0.15, 0.2) is 5.16 Å². The lowest BCUT2D eigenvalue weighted by Crippen LogP contribution is -2.24. The SMILES string of the molecule is CCC(C)CSC(C)C(N)=NO. The van der Waals surface area contributed by atoms with E-state index in [4.69, 9.17) is 10.9 Å². The summed E-state index contributed by atoms with van der Waals surface area (Å²) in [4.78, 5) is 0. The van der Waals surface area contributed by atoms with Crippen molar-refractivity contribution < 1.29 is 5.21 Å². The van der Waals surface area contributed by atoms with E-state index >= 15 is 0 Å². The number of hydrogen-bond donors (Lipinski definition) is 2. The van der Waals surface area contributed by atoms with Gasteiger partial charge in [-0.1, -0.05) is 25.4 Å². The van der Waals surface area contributed by atoms with E-state index in [2.05, 4.69) is 19.0 Å². The molecule has 3 nitrogen and oxygen atoms in total. The molecule has 0 bridgehead atoms. The maximum absolute atomic E-state index is 8.38. The van der Waals surface area contributed by atoms with Gasteiger partial charge in [0.25, 0.3) is 0 Å². The van der Waals surface area contributed by atoms with Crippen molar-refractivity contribution in [3.8, 4) is 0 Å². The quantitative estimate of drug-likeness (QED) is 0.301. The molecule has 0 amide bonds. The fourth-order valence-corrected chi connectivity index (χ4v) is 1.66. The van der Waals surface area contributed by atoms with E-state index < -0.39 is 0 Å². The number of hydrogen-bond acceptors (Lipinski definition) is 3. The summed E-state index contributed by atoms with van der Waals surface area (Å²) in [6, 6.07) is 0. The molecule has 0 aliphatic heterocycles. The molecule has 0 saturated carbocycles. The van der Waals surface area contributed by atoms with E-state index in [0.29, 0.717) is 11.8 Å². The second kappa shape index (κ2) is 6.17. The number of nitrogens with zero attached hydrogens (tertiary/aromatic N) is 1. The van der Waals surface area contributed by atoms with Crippen LogP contribution in [0.2, 0.25) is 0 Å². The summed E-state index contributed by atoms with van der Waals surface area (Å²) in [7, 11) is 0. The minimum atomic E-state index is 0.115. The molecular weight excluding hydrogens is 172 g/mol. The molecule has 0 aliphatic carbocycles. The Morgan fingerprint density at radius 2 is 2.17 bits per heavy atom. The summed E-state index contributed by atoms with van der Waals surface area (Å²) in [6.07, 6.45) is 1.18. The minimum absolute atomic E-state index is 0.115. The zero-order chi connectivity index (χ0) is 9.56. The normalized spacial score (nSPS) is 17.4. The Bertz CT molecular complexity index is 150. The lowest BCUT2D eigenvalue weighted by molar-refractivity contribution is 0.317. The average molecular weight is 190 g/mol. The highest BCUT2D eigenvalue weighted by Gasteiger charge is 2.09. The van der Waals surface area contributed by atoms with Crippen LogP contribution in [-0.4, -0.2) is 22.0 Å². The van der Waals surface area contributed by atoms with Crippen molar-refractivity contribution in [3.05, 3.63) is 0 Å². The lowest BCUT2D eigenvalue weighted by Gasteiger charge is -2.12.